The number of hydrogen-bond donors (Lipinski definition) is 1. The first-order valence-corrected chi connectivity index (χ1v) is 5.13. The Kier molecular flexibility index (Phi) is 3.57. The minimum atomic E-state index is -0.120. The van der Waals surface area contributed by atoms with Crippen molar-refractivity contribution in [2.75, 3.05) is 5.75 Å². The molecule has 0 aromatic carbocycles. The molecular weight excluding hydrogens is 144 g/mol. The molecule has 0 radical (unpaired) electrons. The standard InChI is InChI=1S/C8H16OS/c1-7(9)6-10-8-4-2-3-5-8/h7-9H,2-6H2,1H3/t7-/m1/s1. The predicted molar refractivity (Wildman–Crippen MR) is 46.4 cm³/mol. The third-order valence-corrected chi connectivity index (χ3v) is 3.49. The zero-order chi connectivity index (χ0) is 7.40. The molecule has 1 aliphatic rings. The molecule has 0 amide bonds. The molecule has 0 bridgehead atoms. The fourth-order valence-electron chi connectivity index (χ4n) is 1.33. The number of aliphatic hydroxyl groups excluding tert-OH is 1. The minimum absolute atomic E-state index is 0.120. The number of hydrogen-bond acceptors (Lipinski definition) is 2. The molecule has 1 aliphatic carbocycles. The maximum absolute atomic E-state index is 8.99. The van der Waals surface area contributed by atoms with E-state index in [0.717, 1.165) is 11.0 Å². The Balaban J connectivity index is 2.01. The van der Waals surface area contributed by atoms with Crippen LogP contribution in [0.5, 0.6) is 0 Å². The van der Waals surface area contributed by atoms with Crippen molar-refractivity contribution in [2.45, 2.75) is 44.0 Å². The molecule has 0 heterocycles. The molecule has 10 heavy (non-hydrogen) atoms. The van der Waals surface area contributed by atoms with E-state index >= 15 is 0 Å². The zero-order valence-corrected chi connectivity index (χ0v) is 7.36. The topological polar surface area (TPSA) is 20.2 Å². The molecule has 60 valence electrons. The lowest BCUT2D eigenvalue weighted by molar-refractivity contribution is 0.220. The van der Waals surface area contributed by atoms with Gasteiger partial charge in [-0.2, -0.15) is 11.8 Å². The van der Waals surface area contributed by atoms with Crippen LogP contribution >= 0.6 is 11.8 Å². The van der Waals surface area contributed by atoms with Crippen LogP contribution in [0.4, 0.5) is 0 Å². The van der Waals surface area contributed by atoms with Crippen LogP contribution in [0, 0.1) is 0 Å². The van der Waals surface area contributed by atoms with Gasteiger partial charge >= 0.3 is 0 Å². The van der Waals surface area contributed by atoms with Crippen molar-refractivity contribution in [1.29, 1.82) is 0 Å². The summed E-state index contributed by atoms with van der Waals surface area (Å²) in [6.45, 7) is 1.86. The molecule has 1 N–H and O–H groups in total. The molecule has 1 rings (SSSR count). The molecule has 0 unspecified atom stereocenters. The molecule has 2 heteroatoms. The first kappa shape index (κ1) is 8.41. The fourth-order valence-corrected chi connectivity index (χ4v) is 2.55. The highest BCUT2D eigenvalue weighted by Crippen LogP contribution is 2.29. The van der Waals surface area contributed by atoms with Crippen LogP contribution in [0.25, 0.3) is 0 Å². The van der Waals surface area contributed by atoms with Gasteiger partial charge in [0, 0.05) is 11.0 Å². The van der Waals surface area contributed by atoms with Crippen molar-refractivity contribution < 1.29 is 5.11 Å². The Hall–Kier alpha value is 0.310. The van der Waals surface area contributed by atoms with E-state index in [9.17, 15) is 0 Å². The summed E-state index contributed by atoms with van der Waals surface area (Å²) in [5.41, 5.74) is 0. The normalized spacial score (nSPS) is 23.4. The van der Waals surface area contributed by atoms with Crippen LogP contribution in [0.15, 0.2) is 0 Å². The van der Waals surface area contributed by atoms with Crippen molar-refractivity contribution in [2.24, 2.45) is 0 Å². The molecule has 0 saturated heterocycles. The Morgan fingerprint density at radius 3 is 2.60 bits per heavy atom. The minimum Gasteiger partial charge on any atom is -0.393 e. The van der Waals surface area contributed by atoms with Crippen LogP contribution in [0.3, 0.4) is 0 Å². The molecule has 0 aromatic rings. The van der Waals surface area contributed by atoms with E-state index in [4.69, 9.17) is 5.11 Å². The van der Waals surface area contributed by atoms with Gasteiger partial charge in [0.15, 0.2) is 0 Å². The van der Waals surface area contributed by atoms with Crippen molar-refractivity contribution in [1.82, 2.24) is 0 Å². The van der Waals surface area contributed by atoms with E-state index in [1.165, 1.54) is 25.7 Å². The van der Waals surface area contributed by atoms with E-state index < -0.39 is 0 Å². The van der Waals surface area contributed by atoms with E-state index in [-0.39, 0.29) is 6.10 Å². The second-order valence-corrected chi connectivity index (χ2v) is 4.42. The second-order valence-electron chi connectivity index (χ2n) is 3.09. The van der Waals surface area contributed by atoms with Crippen LogP contribution < -0.4 is 0 Å². The van der Waals surface area contributed by atoms with Crippen LogP contribution in [-0.2, 0) is 0 Å². The maximum atomic E-state index is 8.99. The lowest BCUT2D eigenvalue weighted by atomic mass is 10.4. The highest BCUT2D eigenvalue weighted by atomic mass is 32.2. The average Bonchev–Trinajstić information content (AvgIpc) is 2.34. The van der Waals surface area contributed by atoms with Crippen molar-refractivity contribution >= 4 is 11.8 Å². The highest BCUT2D eigenvalue weighted by Gasteiger charge is 2.15. The summed E-state index contributed by atoms with van der Waals surface area (Å²) < 4.78 is 0. The zero-order valence-electron chi connectivity index (χ0n) is 6.55. The molecule has 1 nitrogen and oxygen atoms in total. The van der Waals surface area contributed by atoms with Crippen LogP contribution in [0.2, 0.25) is 0 Å². The SMILES string of the molecule is C[C@@H](O)CSC1CCCC1. The molecule has 1 fully saturated rings. The van der Waals surface area contributed by atoms with Gasteiger partial charge in [-0.3, -0.25) is 0 Å². The van der Waals surface area contributed by atoms with E-state index in [1.807, 2.05) is 18.7 Å². The van der Waals surface area contributed by atoms with Gasteiger partial charge in [-0.05, 0) is 19.8 Å². The van der Waals surface area contributed by atoms with E-state index in [0.29, 0.717) is 0 Å². The second kappa shape index (κ2) is 4.24. The van der Waals surface area contributed by atoms with Gasteiger partial charge in [-0.15, -0.1) is 0 Å². The third kappa shape index (κ3) is 2.93. The smallest absolute Gasteiger partial charge is 0.0602 e. The predicted octanol–water partition coefficient (Wildman–Crippen LogP) is 2.04. The van der Waals surface area contributed by atoms with Crippen molar-refractivity contribution in [3.05, 3.63) is 0 Å². The van der Waals surface area contributed by atoms with Crippen molar-refractivity contribution in [3.63, 3.8) is 0 Å². The number of aliphatic hydroxyl groups is 1. The molecule has 0 aliphatic heterocycles. The van der Waals surface area contributed by atoms with Gasteiger partial charge in [-0.1, -0.05) is 12.8 Å². The number of thioether (sulfide) groups is 1. The average molecular weight is 160 g/mol. The van der Waals surface area contributed by atoms with Gasteiger partial charge in [0.25, 0.3) is 0 Å². The largest absolute Gasteiger partial charge is 0.393 e. The number of rotatable bonds is 3. The maximum Gasteiger partial charge on any atom is 0.0602 e. The van der Waals surface area contributed by atoms with Gasteiger partial charge < -0.3 is 5.11 Å². The van der Waals surface area contributed by atoms with E-state index in [1.54, 1.807) is 0 Å². The summed E-state index contributed by atoms with van der Waals surface area (Å²) in [6.07, 6.45) is 5.43. The van der Waals surface area contributed by atoms with E-state index in [2.05, 4.69) is 0 Å². The fraction of sp³-hybridized carbons (Fsp3) is 1.00. The van der Waals surface area contributed by atoms with Gasteiger partial charge in [0.1, 0.15) is 0 Å². The highest BCUT2D eigenvalue weighted by molar-refractivity contribution is 7.99. The summed E-state index contributed by atoms with van der Waals surface area (Å²) in [5, 5.41) is 9.85. The monoisotopic (exact) mass is 160 g/mol. The van der Waals surface area contributed by atoms with Crippen molar-refractivity contribution in [3.8, 4) is 0 Å². The Labute approximate surface area is 67.2 Å². The lowest BCUT2D eigenvalue weighted by Gasteiger charge is -2.09. The summed E-state index contributed by atoms with van der Waals surface area (Å²) in [7, 11) is 0. The summed E-state index contributed by atoms with van der Waals surface area (Å²) in [4.78, 5) is 0. The van der Waals surface area contributed by atoms with Crippen LogP contribution in [-0.4, -0.2) is 22.2 Å². The quantitative estimate of drug-likeness (QED) is 0.682. The molecule has 1 atom stereocenters. The summed E-state index contributed by atoms with van der Waals surface area (Å²) in [5.74, 6) is 0.921. The molecule has 1 saturated carbocycles. The first-order valence-electron chi connectivity index (χ1n) is 4.08. The third-order valence-electron chi connectivity index (χ3n) is 1.88. The summed E-state index contributed by atoms with van der Waals surface area (Å²) >= 11 is 1.94. The Morgan fingerprint density at radius 2 is 2.10 bits per heavy atom. The van der Waals surface area contributed by atoms with Gasteiger partial charge in [0.05, 0.1) is 6.10 Å². The molecule has 0 aromatic heterocycles. The summed E-state index contributed by atoms with van der Waals surface area (Å²) in [6, 6.07) is 0. The molecular formula is C8H16OS. The van der Waals surface area contributed by atoms with Gasteiger partial charge in [0.2, 0.25) is 0 Å². The van der Waals surface area contributed by atoms with Crippen LogP contribution in [0.1, 0.15) is 32.6 Å². The molecule has 0 spiro atoms. The Morgan fingerprint density at radius 1 is 1.50 bits per heavy atom. The first-order chi connectivity index (χ1) is 4.79. The Bertz CT molecular complexity index is 87.3. The van der Waals surface area contributed by atoms with Gasteiger partial charge in [-0.25, -0.2) is 0 Å². The lowest BCUT2D eigenvalue weighted by Crippen LogP contribution is -2.06.